The SMILES string of the molecule is COc1ccc(C(=O)OC2=CC(C)C(OC(=O)C3CCC(OC)CC3)C=C2)cc1. The molecule has 156 valence electrons. The summed E-state index contributed by atoms with van der Waals surface area (Å²) in [5, 5.41) is 0. The Morgan fingerprint density at radius 2 is 1.69 bits per heavy atom. The first-order valence-corrected chi connectivity index (χ1v) is 9.99. The fourth-order valence-electron chi connectivity index (χ4n) is 3.65. The van der Waals surface area contributed by atoms with Crippen molar-refractivity contribution in [3.8, 4) is 5.75 Å². The molecule has 1 aromatic rings. The van der Waals surface area contributed by atoms with Crippen molar-refractivity contribution < 1.29 is 28.5 Å². The summed E-state index contributed by atoms with van der Waals surface area (Å²) in [5.41, 5.74) is 0.438. The summed E-state index contributed by atoms with van der Waals surface area (Å²) in [6, 6.07) is 6.72. The van der Waals surface area contributed by atoms with E-state index in [0.29, 0.717) is 17.1 Å². The van der Waals surface area contributed by atoms with Crippen LogP contribution in [0.5, 0.6) is 5.75 Å². The average Bonchev–Trinajstić information content (AvgIpc) is 2.75. The van der Waals surface area contributed by atoms with Crippen LogP contribution in [0.1, 0.15) is 43.0 Å². The van der Waals surface area contributed by atoms with Crippen molar-refractivity contribution in [2.24, 2.45) is 11.8 Å². The molecule has 0 aliphatic heterocycles. The van der Waals surface area contributed by atoms with Crippen molar-refractivity contribution >= 4 is 11.9 Å². The molecule has 2 atom stereocenters. The van der Waals surface area contributed by atoms with Crippen LogP contribution in [0.4, 0.5) is 0 Å². The van der Waals surface area contributed by atoms with Gasteiger partial charge in [0.2, 0.25) is 0 Å². The molecule has 0 saturated heterocycles. The van der Waals surface area contributed by atoms with Gasteiger partial charge in [-0.1, -0.05) is 6.92 Å². The first kappa shape index (κ1) is 21.1. The van der Waals surface area contributed by atoms with E-state index in [-0.39, 0.29) is 30.0 Å². The Morgan fingerprint density at radius 1 is 1.00 bits per heavy atom. The van der Waals surface area contributed by atoms with Gasteiger partial charge in [0.05, 0.1) is 24.7 Å². The lowest BCUT2D eigenvalue weighted by atomic mass is 9.87. The van der Waals surface area contributed by atoms with Crippen LogP contribution in [-0.2, 0) is 19.0 Å². The third kappa shape index (κ3) is 5.48. The maximum absolute atomic E-state index is 12.5. The van der Waals surface area contributed by atoms with Gasteiger partial charge in [-0.05, 0) is 68.2 Å². The molecule has 1 fully saturated rings. The van der Waals surface area contributed by atoms with Crippen LogP contribution >= 0.6 is 0 Å². The fraction of sp³-hybridized carbons (Fsp3) is 0.478. The highest BCUT2D eigenvalue weighted by atomic mass is 16.5. The molecule has 2 aliphatic rings. The number of carbonyl (C=O) groups excluding carboxylic acids is 2. The Kier molecular flexibility index (Phi) is 7.09. The number of allylic oxidation sites excluding steroid dienone is 1. The first-order valence-electron chi connectivity index (χ1n) is 9.99. The summed E-state index contributed by atoms with van der Waals surface area (Å²) >= 11 is 0. The number of esters is 2. The molecule has 0 heterocycles. The van der Waals surface area contributed by atoms with E-state index in [1.165, 1.54) is 0 Å². The Bertz CT molecular complexity index is 771. The average molecular weight is 400 g/mol. The van der Waals surface area contributed by atoms with E-state index >= 15 is 0 Å². The third-order valence-electron chi connectivity index (χ3n) is 5.52. The van der Waals surface area contributed by atoms with Crippen LogP contribution in [0.15, 0.2) is 48.3 Å². The maximum atomic E-state index is 12.5. The van der Waals surface area contributed by atoms with E-state index < -0.39 is 5.97 Å². The highest BCUT2D eigenvalue weighted by Gasteiger charge is 2.30. The normalized spacial score (nSPS) is 26.4. The van der Waals surface area contributed by atoms with Gasteiger partial charge in [0, 0.05) is 13.0 Å². The molecule has 0 spiro atoms. The van der Waals surface area contributed by atoms with Crippen molar-refractivity contribution in [3.63, 3.8) is 0 Å². The van der Waals surface area contributed by atoms with Crippen molar-refractivity contribution in [3.05, 3.63) is 53.8 Å². The lowest BCUT2D eigenvalue weighted by Crippen LogP contribution is -2.31. The second-order valence-corrected chi connectivity index (χ2v) is 7.52. The van der Waals surface area contributed by atoms with Crippen LogP contribution < -0.4 is 4.74 Å². The molecule has 0 bridgehead atoms. The predicted octanol–water partition coefficient (Wildman–Crippen LogP) is 4.06. The molecular weight excluding hydrogens is 372 g/mol. The number of carbonyl (C=O) groups is 2. The molecule has 1 saturated carbocycles. The van der Waals surface area contributed by atoms with E-state index in [2.05, 4.69) is 0 Å². The molecule has 6 nitrogen and oxygen atoms in total. The second-order valence-electron chi connectivity index (χ2n) is 7.52. The van der Waals surface area contributed by atoms with E-state index in [1.807, 2.05) is 6.92 Å². The lowest BCUT2D eigenvalue weighted by molar-refractivity contribution is -0.155. The zero-order valence-corrected chi connectivity index (χ0v) is 17.1. The number of hydrogen-bond acceptors (Lipinski definition) is 6. The van der Waals surface area contributed by atoms with Crippen LogP contribution in [0, 0.1) is 11.8 Å². The number of hydrogen-bond donors (Lipinski definition) is 0. The molecule has 2 unspecified atom stereocenters. The van der Waals surface area contributed by atoms with Gasteiger partial charge in [0.1, 0.15) is 17.6 Å². The van der Waals surface area contributed by atoms with Gasteiger partial charge in [0.15, 0.2) is 0 Å². The van der Waals surface area contributed by atoms with Gasteiger partial charge in [-0.3, -0.25) is 4.79 Å². The van der Waals surface area contributed by atoms with Gasteiger partial charge in [0.25, 0.3) is 0 Å². The topological polar surface area (TPSA) is 71.1 Å². The summed E-state index contributed by atoms with van der Waals surface area (Å²) < 4.78 is 21.6. The number of benzene rings is 1. The minimum Gasteiger partial charge on any atom is -0.497 e. The monoisotopic (exact) mass is 400 g/mol. The van der Waals surface area contributed by atoms with E-state index in [1.54, 1.807) is 56.7 Å². The largest absolute Gasteiger partial charge is 0.497 e. The Hall–Kier alpha value is -2.60. The molecule has 0 N–H and O–H groups in total. The maximum Gasteiger partial charge on any atom is 0.343 e. The minimum atomic E-state index is -0.443. The molecule has 29 heavy (non-hydrogen) atoms. The van der Waals surface area contributed by atoms with Gasteiger partial charge in [-0.15, -0.1) is 0 Å². The lowest BCUT2D eigenvalue weighted by Gasteiger charge is -2.29. The predicted molar refractivity (Wildman–Crippen MR) is 107 cm³/mol. The summed E-state index contributed by atoms with van der Waals surface area (Å²) in [5.74, 6) is 0.367. The smallest absolute Gasteiger partial charge is 0.343 e. The van der Waals surface area contributed by atoms with E-state index in [0.717, 1.165) is 25.7 Å². The molecule has 0 radical (unpaired) electrons. The summed E-state index contributed by atoms with van der Waals surface area (Å²) in [6.45, 7) is 1.94. The highest BCUT2D eigenvalue weighted by molar-refractivity contribution is 5.90. The molecule has 6 heteroatoms. The fourth-order valence-corrected chi connectivity index (χ4v) is 3.65. The van der Waals surface area contributed by atoms with Crippen LogP contribution in [0.2, 0.25) is 0 Å². The van der Waals surface area contributed by atoms with E-state index in [4.69, 9.17) is 18.9 Å². The number of rotatable bonds is 6. The number of methoxy groups -OCH3 is 2. The number of ether oxygens (including phenoxy) is 4. The van der Waals surface area contributed by atoms with Gasteiger partial charge in [-0.25, -0.2) is 4.79 Å². The van der Waals surface area contributed by atoms with Crippen LogP contribution in [0.3, 0.4) is 0 Å². The summed E-state index contributed by atoms with van der Waals surface area (Å²) in [7, 11) is 3.28. The van der Waals surface area contributed by atoms with Crippen molar-refractivity contribution in [2.45, 2.75) is 44.8 Å². The Morgan fingerprint density at radius 3 is 2.28 bits per heavy atom. The van der Waals surface area contributed by atoms with Crippen molar-refractivity contribution in [1.82, 2.24) is 0 Å². The zero-order chi connectivity index (χ0) is 20.8. The summed E-state index contributed by atoms with van der Waals surface area (Å²) in [4.78, 5) is 24.8. The van der Waals surface area contributed by atoms with Gasteiger partial charge in [-0.2, -0.15) is 0 Å². The van der Waals surface area contributed by atoms with Crippen LogP contribution in [0.25, 0.3) is 0 Å². The molecule has 0 aromatic heterocycles. The quantitative estimate of drug-likeness (QED) is 0.671. The standard InChI is InChI=1S/C23H28O6/c1-15-14-20(28-22(24)16-4-8-18(26-2)9-5-16)12-13-21(15)29-23(25)17-6-10-19(27-3)11-7-17/h4-5,8-9,12-15,17,19,21H,6-7,10-11H2,1-3H3. The Balaban J connectivity index is 1.52. The third-order valence-corrected chi connectivity index (χ3v) is 5.52. The molecule has 1 aromatic carbocycles. The first-order chi connectivity index (χ1) is 14.0. The Labute approximate surface area is 171 Å². The van der Waals surface area contributed by atoms with Crippen LogP contribution in [-0.4, -0.2) is 38.4 Å². The highest BCUT2D eigenvalue weighted by Crippen LogP contribution is 2.29. The van der Waals surface area contributed by atoms with Crippen molar-refractivity contribution in [1.29, 1.82) is 0 Å². The van der Waals surface area contributed by atoms with E-state index in [9.17, 15) is 9.59 Å². The molecule has 2 aliphatic carbocycles. The summed E-state index contributed by atoms with van der Waals surface area (Å²) in [6.07, 6.45) is 8.52. The molecule has 0 amide bonds. The second kappa shape index (κ2) is 9.74. The zero-order valence-electron chi connectivity index (χ0n) is 17.1. The van der Waals surface area contributed by atoms with Crippen molar-refractivity contribution in [2.75, 3.05) is 14.2 Å². The van der Waals surface area contributed by atoms with Gasteiger partial charge >= 0.3 is 11.9 Å². The molecule has 3 rings (SSSR count). The molecular formula is C23H28O6. The van der Waals surface area contributed by atoms with Gasteiger partial charge < -0.3 is 18.9 Å². The minimum absolute atomic E-state index is 0.0692.